The number of aromatic nitrogens is 4. The lowest BCUT2D eigenvalue weighted by Crippen LogP contribution is -2.14. The van der Waals surface area contributed by atoms with Crippen LogP contribution in [0, 0.1) is 0 Å². The third-order valence-corrected chi connectivity index (χ3v) is 5.25. The molecule has 0 spiro atoms. The van der Waals surface area contributed by atoms with Crippen molar-refractivity contribution >= 4 is 46.6 Å². The number of halogens is 2. The summed E-state index contributed by atoms with van der Waals surface area (Å²) in [5, 5.41) is 12.8. The summed E-state index contributed by atoms with van der Waals surface area (Å²) in [5.41, 5.74) is 1.71. The number of hydrogen-bond donors (Lipinski definition) is 1. The molecule has 0 fully saturated rings. The molecule has 3 aromatic rings. The van der Waals surface area contributed by atoms with Crippen molar-refractivity contribution in [2.75, 3.05) is 11.1 Å². The molecular weight excluding hydrogens is 393 g/mol. The van der Waals surface area contributed by atoms with E-state index < -0.39 is 0 Å². The minimum Gasteiger partial charge on any atom is -0.354 e. The first-order valence-electron chi connectivity index (χ1n) is 7.79. The normalized spacial score (nSPS) is 10.9. The van der Waals surface area contributed by atoms with Crippen LogP contribution < -0.4 is 5.32 Å². The molecule has 1 aromatic carbocycles. The Morgan fingerprint density at radius 3 is 2.58 bits per heavy atom. The number of nitrogens with zero attached hydrogens (tertiary/aromatic N) is 4. The van der Waals surface area contributed by atoms with E-state index in [2.05, 4.69) is 15.5 Å². The number of nitrogens with one attached hydrogen (secondary N) is 1. The second-order valence-corrected chi connectivity index (χ2v) is 7.56. The summed E-state index contributed by atoms with van der Waals surface area (Å²) < 4.78 is 3.95. The van der Waals surface area contributed by atoms with Gasteiger partial charge in [0.1, 0.15) is 5.82 Å². The number of amides is 1. The van der Waals surface area contributed by atoms with Gasteiger partial charge in [-0.15, -0.1) is 10.2 Å². The highest BCUT2D eigenvalue weighted by Gasteiger charge is 2.13. The molecular formula is C17H17Cl2N5OS. The topological polar surface area (TPSA) is 64.7 Å². The molecule has 0 aliphatic heterocycles. The van der Waals surface area contributed by atoms with Crippen molar-refractivity contribution in [1.29, 1.82) is 0 Å². The molecule has 2 aromatic heterocycles. The van der Waals surface area contributed by atoms with E-state index in [1.54, 1.807) is 18.2 Å². The number of thioether (sulfide) groups is 1. The van der Waals surface area contributed by atoms with Crippen LogP contribution in [0.5, 0.6) is 0 Å². The Morgan fingerprint density at radius 1 is 1.19 bits per heavy atom. The number of carbonyl (C=O) groups is 1. The van der Waals surface area contributed by atoms with Gasteiger partial charge in [-0.25, -0.2) is 0 Å². The summed E-state index contributed by atoms with van der Waals surface area (Å²) in [4.78, 5) is 12.1. The van der Waals surface area contributed by atoms with Crippen LogP contribution in [-0.2, 0) is 25.3 Å². The Morgan fingerprint density at radius 2 is 1.92 bits per heavy atom. The average molecular weight is 410 g/mol. The third kappa shape index (κ3) is 4.60. The Hall–Kier alpha value is -1.96. The molecule has 1 N–H and O–H groups in total. The van der Waals surface area contributed by atoms with Crippen LogP contribution in [0.25, 0.3) is 0 Å². The predicted molar refractivity (Wildman–Crippen MR) is 105 cm³/mol. The van der Waals surface area contributed by atoms with E-state index in [4.69, 9.17) is 23.2 Å². The molecule has 3 rings (SSSR count). The van der Waals surface area contributed by atoms with Gasteiger partial charge in [0.15, 0.2) is 5.16 Å². The summed E-state index contributed by atoms with van der Waals surface area (Å²) >= 11 is 13.2. The van der Waals surface area contributed by atoms with Gasteiger partial charge < -0.3 is 14.5 Å². The summed E-state index contributed by atoms with van der Waals surface area (Å²) in [7, 11) is 3.89. The highest BCUT2D eigenvalue weighted by molar-refractivity contribution is 7.99. The summed E-state index contributed by atoms with van der Waals surface area (Å²) in [5.74, 6) is 0.886. The first-order valence-corrected chi connectivity index (χ1v) is 9.54. The fraction of sp³-hybridized carbons (Fsp3) is 0.235. The van der Waals surface area contributed by atoms with E-state index in [9.17, 15) is 4.79 Å². The molecule has 0 bridgehead atoms. The van der Waals surface area contributed by atoms with E-state index in [0.717, 1.165) is 11.5 Å². The molecule has 0 radical (unpaired) electrons. The zero-order valence-corrected chi connectivity index (χ0v) is 16.6. The predicted octanol–water partition coefficient (Wildman–Crippen LogP) is 3.78. The van der Waals surface area contributed by atoms with Crippen LogP contribution in [0.15, 0.2) is 41.7 Å². The van der Waals surface area contributed by atoms with E-state index in [-0.39, 0.29) is 11.7 Å². The Balaban J connectivity index is 1.59. The van der Waals surface area contributed by atoms with E-state index in [1.165, 1.54) is 11.8 Å². The quantitative estimate of drug-likeness (QED) is 0.629. The first kappa shape index (κ1) is 18.8. The fourth-order valence-corrected chi connectivity index (χ4v) is 3.68. The van der Waals surface area contributed by atoms with Crippen LogP contribution in [0.2, 0.25) is 10.0 Å². The van der Waals surface area contributed by atoms with Crippen molar-refractivity contribution < 1.29 is 4.79 Å². The minimum absolute atomic E-state index is 0.166. The molecule has 136 valence electrons. The Labute approximate surface area is 165 Å². The number of carbonyl (C=O) groups excluding carboxylic acids is 1. The zero-order chi connectivity index (χ0) is 18.7. The van der Waals surface area contributed by atoms with Crippen LogP contribution in [-0.4, -0.2) is 31.0 Å². The fourth-order valence-electron chi connectivity index (χ4n) is 2.42. The van der Waals surface area contributed by atoms with Crippen LogP contribution in [0.4, 0.5) is 5.69 Å². The smallest absolute Gasteiger partial charge is 0.234 e. The maximum Gasteiger partial charge on any atom is 0.234 e. The SMILES string of the molecule is Cn1cccc1Cc1nnc(SCC(=O)Nc2cc(Cl)cc(Cl)c2)n1C. The molecule has 2 heterocycles. The molecule has 0 unspecified atom stereocenters. The van der Waals surface area contributed by atoms with Crippen molar-refractivity contribution in [3.8, 4) is 0 Å². The maximum absolute atomic E-state index is 12.1. The van der Waals surface area contributed by atoms with Crippen LogP contribution in [0.3, 0.4) is 0 Å². The monoisotopic (exact) mass is 409 g/mol. The van der Waals surface area contributed by atoms with Crippen molar-refractivity contribution in [1.82, 2.24) is 19.3 Å². The maximum atomic E-state index is 12.1. The van der Waals surface area contributed by atoms with Crippen LogP contribution in [0.1, 0.15) is 11.5 Å². The lowest BCUT2D eigenvalue weighted by Gasteiger charge is -2.07. The number of aryl methyl sites for hydroxylation is 1. The van der Waals surface area contributed by atoms with Crippen LogP contribution >= 0.6 is 35.0 Å². The molecule has 6 nitrogen and oxygen atoms in total. The second kappa shape index (κ2) is 8.16. The summed E-state index contributed by atoms with van der Waals surface area (Å²) in [6.45, 7) is 0. The number of hydrogen-bond acceptors (Lipinski definition) is 4. The standard InChI is InChI=1S/C17H17Cl2N5OS/c1-23-5-3-4-14(23)9-15-21-22-17(24(15)2)26-10-16(25)20-13-7-11(18)6-12(19)8-13/h3-8H,9-10H2,1-2H3,(H,20,25). The number of anilines is 1. The van der Waals surface area contributed by atoms with Gasteiger partial charge in [-0.1, -0.05) is 35.0 Å². The highest BCUT2D eigenvalue weighted by Crippen LogP contribution is 2.23. The molecule has 26 heavy (non-hydrogen) atoms. The van der Waals surface area contributed by atoms with Gasteiger partial charge >= 0.3 is 0 Å². The lowest BCUT2D eigenvalue weighted by molar-refractivity contribution is -0.113. The summed E-state index contributed by atoms with van der Waals surface area (Å²) in [6, 6.07) is 8.95. The van der Waals surface area contributed by atoms with Gasteiger partial charge in [0.2, 0.25) is 5.91 Å². The molecule has 0 aliphatic carbocycles. The van der Waals surface area contributed by atoms with Crippen molar-refractivity contribution in [3.05, 3.63) is 58.1 Å². The van der Waals surface area contributed by atoms with Gasteiger partial charge in [0.05, 0.1) is 5.75 Å². The molecule has 0 saturated heterocycles. The van der Waals surface area contributed by atoms with Gasteiger partial charge in [-0.2, -0.15) is 0 Å². The van der Waals surface area contributed by atoms with Gasteiger partial charge in [0.25, 0.3) is 0 Å². The molecule has 0 aliphatic rings. The first-order chi connectivity index (χ1) is 12.4. The van der Waals surface area contributed by atoms with Crippen molar-refractivity contribution in [2.24, 2.45) is 14.1 Å². The number of rotatable bonds is 6. The van der Waals surface area contributed by atoms with E-state index >= 15 is 0 Å². The van der Waals surface area contributed by atoms with Crippen molar-refractivity contribution in [2.45, 2.75) is 11.6 Å². The summed E-state index contributed by atoms with van der Waals surface area (Å²) in [6.07, 6.45) is 2.68. The van der Waals surface area contributed by atoms with E-state index in [0.29, 0.717) is 27.3 Å². The molecule has 1 amide bonds. The van der Waals surface area contributed by atoms with Crippen molar-refractivity contribution in [3.63, 3.8) is 0 Å². The third-order valence-electron chi connectivity index (χ3n) is 3.79. The second-order valence-electron chi connectivity index (χ2n) is 5.74. The highest BCUT2D eigenvalue weighted by atomic mass is 35.5. The lowest BCUT2D eigenvalue weighted by atomic mass is 10.3. The average Bonchev–Trinajstić information content (AvgIpc) is 3.12. The van der Waals surface area contributed by atoms with E-state index in [1.807, 2.05) is 41.6 Å². The zero-order valence-electron chi connectivity index (χ0n) is 14.2. The van der Waals surface area contributed by atoms with Gasteiger partial charge in [0, 0.05) is 48.1 Å². The largest absolute Gasteiger partial charge is 0.354 e. The molecule has 0 saturated carbocycles. The Bertz CT molecular complexity index is 917. The number of benzene rings is 1. The van der Waals surface area contributed by atoms with Gasteiger partial charge in [-0.05, 0) is 30.3 Å². The Kier molecular flexibility index (Phi) is 5.90. The molecule has 0 atom stereocenters. The minimum atomic E-state index is -0.166. The van der Waals surface area contributed by atoms with Gasteiger partial charge in [-0.3, -0.25) is 4.79 Å². The molecule has 9 heteroatoms.